The van der Waals surface area contributed by atoms with Gasteiger partial charge in [-0.3, -0.25) is 4.79 Å². The molecule has 13 N–H and O–H groups in total. The second-order valence-electron chi connectivity index (χ2n) is 10.5. The van der Waals surface area contributed by atoms with E-state index in [1.165, 1.54) is 0 Å². The Hall–Kier alpha value is -1.70. The van der Waals surface area contributed by atoms with Gasteiger partial charge in [-0.15, -0.1) is 0 Å². The maximum absolute atomic E-state index is 12.5. The van der Waals surface area contributed by atoms with E-state index in [-0.39, 0.29) is 0 Å². The highest BCUT2D eigenvalue weighted by Crippen LogP contribution is 2.38. The van der Waals surface area contributed by atoms with Crippen molar-refractivity contribution in [1.29, 1.82) is 0 Å². The summed E-state index contributed by atoms with van der Waals surface area (Å²) in [5.41, 5.74) is 0. The molecule has 3 heterocycles. The minimum absolute atomic E-state index is 0.749. The van der Waals surface area contributed by atoms with Crippen LogP contribution in [0.3, 0.4) is 0 Å². The first-order chi connectivity index (χ1) is 20.1. The van der Waals surface area contributed by atoms with E-state index >= 15 is 0 Å². The van der Waals surface area contributed by atoms with Gasteiger partial charge < -0.3 is 90.3 Å². The zero-order valence-electron chi connectivity index (χ0n) is 22.7. The third-order valence-corrected chi connectivity index (χ3v) is 7.47. The second kappa shape index (κ2) is 14.6. The van der Waals surface area contributed by atoms with Gasteiger partial charge in [0.15, 0.2) is 12.6 Å². The summed E-state index contributed by atoms with van der Waals surface area (Å²) in [6.45, 7) is -1.85. The van der Waals surface area contributed by atoms with E-state index < -0.39 is 136 Å². The molecule has 0 aromatic carbocycles. The van der Waals surface area contributed by atoms with E-state index in [4.69, 9.17) is 23.7 Å². The maximum Gasteiger partial charge on any atom is 0.364 e. The molecule has 0 radical (unpaired) electrons. The molecule has 0 bridgehead atoms. The van der Waals surface area contributed by atoms with Crippen LogP contribution in [0.15, 0.2) is 0 Å². The van der Waals surface area contributed by atoms with Crippen LogP contribution in [0.25, 0.3) is 0 Å². The molecular weight excluding hydrogens is 594 g/mol. The van der Waals surface area contributed by atoms with Gasteiger partial charge in [0.05, 0.1) is 32.0 Å². The summed E-state index contributed by atoms with van der Waals surface area (Å²) in [5, 5.41) is 124. The number of ether oxygens (including phenoxy) is 5. The topological polar surface area (TPSA) is 335 Å². The molecule has 16 atom stereocenters. The lowest BCUT2D eigenvalue weighted by atomic mass is 9.88. The van der Waals surface area contributed by atoms with Crippen molar-refractivity contribution < 1.29 is 94.6 Å². The lowest BCUT2D eigenvalue weighted by Crippen LogP contribution is -2.70. The van der Waals surface area contributed by atoms with E-state index in [1.807, 2.05) is 0 Å². The number of hydrogen-bond donors (Lipinski definition) is 13. The lowest BCUT2D eigenvalue weighted by molar-refractivity contribution is -0.385. The summed E-state index contributed by atoms with van der Waals surface area (Å²) in [7, 11) is 0. The standard InChI is InChI=1S/C23H39NO19/c1-6(28)24-11-7(29)2-23(22(37)38,42-18(11)12(31)8(30)3-25)43-19-13(32)9(4-26)40-21(16(19)35)41-17-10(5-27)39-20(36)15(34)14(17)33/h7-21,25-27,29-36H,2-5H2,1H3,(H,24,28)(H,37,38)/t7-,8+,9+,10+,11+,12-,13-,14+,15+,16+,17+,18+,19-,20+,21-,23-/m0/s1. The Bertz CT molecular complexity index is 942. The van der Waals surface area contributed by atoms with E-state index in [0.29, 0.717) is 0 Å². The molecule has 1 amide bonds. The van der Waals surface area contributed by atoms with Crippen LogP contribution in [0.4, 0.5) is 0 Å². The lowest BCUT2D eigenvalue weighted by Gasteiger charge is -2.50. The second-order valence-corrected chi connectivity index (χ2v) is 10.5. The van der Waals surface area contributed by atoms with Gasteiger partial charge in [-0.2, -0.15) is 0 Å². The van der Waals surface area contributed by atoms with Crippen molar-refractivity contribution in [3.05, 3.63) is 0 Å². The van der Waals surface area contributed by atoms with Crippen molar-refractivity contribution in [1.82, 2.24) is 5.32 Å². The molecule has 3 aliphatic rings. The molecule has 0 aromatic heterocycles. The van der Waals surface area contributed by atoms with Crippen LogP contribution in [0.5, 0.6) is 0 Å². The number of aliphatic hydroxyl groups is 11. The Kier molecular flexibility index (Phi) is 12.1. The van der Waals surface area contributed by atoms with Crippen molar-refractivity contribution in [3.8, 4) is 0 Å². The highest BCUT2D eigenvalue weighted by atomic mass is 16.8. The molecule has 0 unspecified atom stereocenters. The van der Waals surface area contributed by atoms with Gasteiger partial charge in [-0.1, -0.05) is 0 Å². The molecule has 3 saturated heterocycles. The Morgan fingerprint density at radius 2 is 1.53 bits per heavy atom. The van der Waals surface area contributed by atoms with Gasteiger partial charge >= 0.3 is 5.97 Å². The molecule has 3 fully saturated rings. The minimum atomic E-state index is -3.02. The van der Waals surface area contributed by atoms with Crippen molar-refractivity contribution in [2.75, 3.05) is 19.8 Å². The Balaban J connectivity index is 1.94. The molecular formula is C23H39NO19. The zero-order valence-corrected chi connectivity index (χ0v) is 22.7. The summed E-state index contributed by atoms with van der Waals surface area (Å²) in [6.07, 6.45) is -27.8. The molecule has 0 spiro atoms. The number of aliphatic carboxylic acids is 1. The van der Waals surface area contributed by atoms with Gasteiger partial charge in [-0.05, 0) is 0 Å². The average Bonchev–Trinajstić information content (AvgIpc) is 2.96. The number of hydrogen-bond acceptors (Lipinski definition) is 18. The Labute approximate surface area is 243 Å². The predicted octanol–water partition coefficient (Wildman–Crippen LogP) is -8.22. The van der Waals surface area contributed by atoms with Crippen molar-refractivity contribution in [2.24, 2.45) is 0 Å². The summed E-state index contributed by atoms with van der Waals surface area (Å²) in [6, 6.07) is -1.54. The van der Waals surface area contributed by atoms with Gasteiger partial charge in [0.2, 0.25) is 5.91 Å². The summed E-state index contributed by atoms with van der Waals surface area (Å²) < 4.78 is 26.8. The highest BCUT2D eigenvalue weighted by Gasteiger charge is 2.60. The first-order valence-corrected chi connectivity index (χ1v) is 13.2. The number of nitrogens with one attached hydrogen (secondary N) is 1. The van der Waals surface area contributed by atoms with Crippen molar-refractivity contribution in [3.63, 3.8) is 0 Å². The molecule has 0 aliphatic carbocycles. The molecule has 0 saturated carbocycles. The smallest absolute Gasteiger partial charge is 0.364 e. The summed E-state index contributed by atoms with van der Waals surface area (Å²) >= 11 is 0. The van der Waals surface area contributed by atoms with Gasteiger partial charge in [0.1, 0.15) is 67.1 Å². The number of carbonyl (C=O) groups excluding carboxylic acids is 1. The first-order valence-electron chi connectivity index (χ1n) is 13.2. The number of carboxylic acid groups (broad SMARTS) is 1. The molecule has 20 nitrogen and oxygen atoms in total. The first kappa shape index (κ1) is 35.8. The van der Waals surface area contributed by atoms with Gasteiger partial charge in [0, 0.05) is 13.3 Å². The normalized spacial score (nSPS) is 45.3. The van der Waals surface area contributed by atoms with E-state index in [2.05, 4.69) is 5.32 Å². The van der Waals surface area contributed by atoms with Crippen LogP contribution in [0, 0.1) is 0 Å². The van der Waals surface area contributed by atoms with Crippen LogP contribution in [0.1, 0.15) is 13.3 Å². The third-order valence-electron chi connectivity index (χ3n) is 7.47. The van der Waals surface area contributed by atoms with E-state index in [0.717, 1.165) is 6.92 Å². The number of aliphatic hydroxyl groups excluding tert-OH is 11. The highest BCUT2D eigenvalue weighted by molar-refractivity contribution is 5.76. The van der Waals surface area contributed by atoms with Crippen LogP contribution >= 0.6 is 0 Å². The van der Waals surface area contributed by atoms with Crippen LogP contribution in [-0.4, -0.2) is 191 Å². The average molecular weight is 634 g/mol. The monoisotopic (exact) mass is 633 g/mol. The fraction of sp³-hybridized carbons (Fsp3) is 0.913. The molecule has 250 valence electrons. The van der Waals surface area contributed by atoms with Crippen molar-refractivity contribution >= 4 is 11.9 Å². The molecule has 43 heavy (non-hydrogen) atoms. The number of carboxylic acids is 1. The van der Waals surface area contributed by atoms with Crippen molar-refractivity contribution in [2.45, 2.75) is 111 Å². The molecule has 3 rings (SSSR count). The molecule has 0 aromatic rings. The fourth-order valence-corrected chi connectivity index (χ4v) is 5.16. The SMILES string of the molecule is CC(=O)N[C@H]1[C@H]([C@@H](O)[C@H](O)CO)O[C@@](O[C@H]2[C@@H](O)[C@@H](CO)O[C@@H](O[C@H]3[C@H](O)[C@@H](O)[C@H](O)O[C@@H]3CO)[C@@H]2O)(C(=O)O)C[C@@H]1O. The van der Waals surface area contributed by atoms with Crippen LogP contribution in [-0.2, 0) is 33.3 Å². The number of carbonyl (C=O) groups is 2. The Morgan fingerprint density at radius 3 is 2.07 bits per heavy atom. The summed E-state index contributed by atoms with van der Waals surface area (Å²) in [5.74, 6) is -5.74. The van der Waals surface area contributed by atoms with Crippen LogP contribution in [0.2, 0.25) is 0 Å². The van der Waals surface area contributed by atoms with Gasteiger partial charge in [0.25, 0.3) is 5.79 Å². The Morgan fingerprint density at radius 1 is 0.907 bits per heavy atom. The predicted molar refractivity (Wildman–Crippen MR) is 130 cm³/mol. The quantitative estimate of drug-likeness (QED) is 0.100. The maximum atomic E-state index is 12.5. The fourth-order valence-electron chi connectivity index (χ4n) is 5.16. The van der Waals surface area contributed by atoms with Crippen LogP contribution < -0.4 is 5.32 Å². The third kappa shape index (κ3) is 7.41. The number of amides is 1. The van der Waals surface area contributed by atoms with E-state index in [1.54, 1.807) is 0 Å². The molecule has 20 heteroatoms. The summed E-state index contributed by atoms with van der Waals surface area (Å²) in [4.78, 5) is 24.3. The zero-order chi connectivity index (χ0) is 32.4. The largest absolute Gasteiger partial charge is 0.477 e. The van der Waals surface area contributed by atoms with Gasteiger partial charge in [-0.25, -0.2) is 4.79 Å². The van der Waals surface area contributed by atoms with E-state index in [9.17, 15) is 70.9 Å². The minimum Gasteiger partial charge on any atom is -0.477 e. The number of rotatable bonds is 11. The molecule has 3 aliphatic heterocycles.